The van der Waals surface area contributed by atoms with Gasteiger partial charge in [0.1, 0.15) is 30.6 Å². The van der Waals surface area contributed by atoms with Crippen molar-refractivity contribution >= 4 is 35.9 Å². The van der Waals surface area contributed by atoms with E-state index < -0.39 is 55.1 Å². The molecule has 0 radical (unpaired) electrons. The summed E-state index contributed by atoms with van der Waals surface area (Å²) >= 11 is 0. The summed E-state index contributed by atoms with van der Waals surface area (Å²) in [7, 11) is 3.05. The zero-order valence-electron chi connectivity index (χ0n) is 18.9. The summed E-state index contributed by atoms with van der Waals surface area (Å²) in [6, 6.07) is 4.62. The van der Waals surface area contributed by atoms with Crippen molar-refractivity contribution < 1.29 is 57.4 Å². The molecule has 0 unspecified atom stereocenters. The molecule has 192 valence electrons. The Kier molecular flexibility index (Phi) is 7.59. The Morgan fingerprint density at radius 1 is 1.14 bits per heavy atom. The first-order valence-electron chi connectivity index (χ1n) is 9.81. The van der Waals surface area contributed by atoms with Crippen molar-refractivity contribution in [3.05, 3.63) is 24.2 Å². The first-order chi connectivity index (χ1) is 17.2. The number of carbonyl (C=O) groups is 4. The lowest BCUT2D eigenvalue weighted by Crippen LogP contribution is -2.49. The van der Waals surface area contributed by atoms with Crippen LogP contribution in [0, 0.1) is 11.3 Å². The average Bonchev–Trinajstić information content (AvgIpc) is 3.42. The van der Waals surface area contributed by atoms with Crippen molar-refractivity contribution in [1.29, 1.82) is 5.26 Å². The predicted octanol–water partition coefficient (Wildman–Crippen LogP) is 1.24. The number of nitrogens with zero attached hydrogens (tertiary/aromatic N) is 4. The number of ether oxygens (including phenoxy) is 7. The number of carboxylic acid groups (broad SMARTS) is 1. The molecule has 17 heteroatoms. The molecule has 0 saturated carbocycles. The highest BCUT2D eigenvalue weighted by Gasteiger charge is 2.62. The summed E-state index contributed by atoms with van der Waals surface area (Å²) < 4.78 is 35.9. The summed E-state index contributed by atoms with van der Waals surface area (Å²) in [6.07, 6.45) is -8.70. The minimum atomic E-state index is -2.23. The highest BCUT2D eigenvalue weighted by Crippen LogP contribution is 2.44. The van der Waals surface area contributed by atoms with Crippen LogP contribution in [0.1, 0.15) is 11.8 Å². The molecule has 3 heterocycles. The van der Waals surface area contributed by atoms with Crippen LogP contribution >= 0.6 is 0 Å². The van der Waals surface area contributed by atoms with Crippen LogP contribution in [0.25, 0.3) is 5.52 Å². The quantitative estimate of drug-likeness (QED) is 0.413. The molecule has 0 aromatic carbocycles. The van der Waals surface area contributed by atoms with Crippen LogP contribution in [0.15, 0.2) is 18.5 Å². The number of aromatic nitrogens is 3. The number of anilines is 1. The van der Waals surface area contributed by atoms with Gasteiger partial charge in [-0.25, -0.2) is 28.7 Å². The molecule has 2 N–H and O–H groups in total. The Hall–Kier alpha value is -4.85. The summed E-state index contributed by atoms with van der Waals surface area (Å²) in [5.74, 6) is -0.0879. The van der Waals surface area contributed by atoms with E-state index in [9.17, 15) is 24.4 Å². The van der Waals surface area contributed by atoms with Crippen molar-refractivity contribution in [2.24, 2.45) is 0 Å². The van der Waals surface area contributed by atoms with Gasteiger partial charge in [-0.15, -0.1) is 0 Å². The number of hydrogen-bond donors (Lipinski definition) is 2. The number of nitriles is 1. The third-order valence-electron chi connectivity index (χ3n) is 4.94. The van der Waals surface area contributed by atoms with Crippen LogP contribution in [-0.4, -0.2) is 90.0 Å². The molecular formula is C19H19N5O12. The molecule has 2 aromatic rings. The first kappa shape index (κ1) is 25.8. The smallest absolute Gasteiger partial charge is 0.465 e. The van der Waals surface area contributed by atoms with Crippen LogP contribution in [0.3, 0.4) is 0 Å². The molecule has 1 aliphatic rings. The van der Waals surface area contributed by atoms with Gasteiger partial charge in [-0.2, -0.15) is 10.4 Å². The molecule has 36 heavy (non-hydrogen) atoms. The topological polar surface area (TPSA) is 219 Å². The van der Waals surface area contributed by atoms with Crippen molar-refractivity contribution in [3.63, 3.8) is 0 Å². The van der Waals surface area contributed by atoms with E-state index in [2.05, 4.69) is 29.6 Å². The second kappa shape index (κ2) is 10.6. The van der Waals surface area contributed by atoms with E-state index in [1.165, 1.54) is 16.6 Å². The van der Waals surface area contributed by atoms with Gasteiger partial charge in [0, 0.05) is 0 Å². The van der Waals surface area contributed by atoms with E-state index in [1.54, 1.807) is 6.07 Å². The van der Waals surface area contributed by atoms with E-state index in [1.807, 2.05) is 0 Å². The Balaban J connectivity index is 2.14. The summed E-state index contributed by atoms with van der Waals surface area (Å²) in [4.78, 5) is 50.7. The number of rotatable bonds is 6. The number of nitrogens with one attached hydrogen (secondary N) is 1. The zero-order chi connectivity index (χ0) is 26.5. The summed E-state index contributed by atoms with van der Waals surface area (Å²) in [5, 5.41) is 25.2. The predicted molar refractivity (Wildman–Crippen MR) is 110 cm³/mol. The Morgan fingerprint density at radius 2 is 1.81 bits per heavy atom. The fourth-order valence-corrected chi connectivity index (χ4v) is 3.44. The lowest BCUT2D eigenvalue weighted by atomic mass is 9.95. The first-order valence-corrected chi connectivity index (χ1v) is 9.81. The van der Waals surface area contributed by atoms with Crippen molar-refractivity contribution in [3.8, 4) is 6.07 Å². The van der Waals surface area contributed by atoms with Gasteiger partial charge in [-0.05, 0) is 12.1 Å². The Labute approximate surface area is 201 Å². The lowest BCUT2D eigenvalue weighted by molar-refractivity contribution is -0.0933. The molecule has 1 fully saturated rings. The van der Waals surface area contributed by atoms with Gasteiger partial charge in [-0.1, -0.05) is 0 Å². The number of methoxy groups -OCH3 is 3. The monoisotopic (exact) mass is 509 g/mol. The van der Waals surface area contributed by atoms with Crippen LogP contribution in [0.5, 0.6) is 0 Å². The maximum absolute atomic E-state index is 12.1. The molecule has 3 rings (SSSR count). The fourth-order valence-electron chi connectivity index (χ4n) is 3.44. The highest BCUT2D eigenvalue weighted by atomic mass is 16.8. The molecule has 0 spiro atoms. The lowest BCUT2D eigenvalue weighted by Gasteiger charge is -2.27. The maximum atomic E-state index is 12.1. The minimum Gasteiger partial charge on any atom is -0.465 e. The molecule has 4 atom stereocenters. The van der Waals surface area contributed by atoms with Crippen LogP contribution < -0.4 is 5.32 Å². The molecule has 2 aromatic heterocycles. The largest absolute Gasteiger partial charge is 0.508 e. The number of hydrogen-bond acceptors (Lipinski definition) is 14. The van der Waals surface area contributed by atoms with E-state index in [0.717, 1.165) is 27.7 Å². The summed E-state index contributed by atoms with van der Waals surface area (Å²) in [6.45, 7) is -0.820. The van der Waals surface area contributed by atoms with Gasteiger partial charge in [0.25, 0.3) is 0 Å². The van der Waals surface area contributed by atoms with Gasteiger partial charge in [-0.3, -0.25) is 5.32 Å². The Bertz CT molecular complexity index is 1210. The second-order valence-corrected chi connectivity index (χ2v) is 6.91. The van der Waals surface area contributed by atoms with Gasteiger partial charge in [0.05, 0.1) is 27.0 Å². The maximum Gasteiger partial charge on any atom is 0.508 e. The van der Waals surface area contributed by atoms with E-state index in [4.69, 9.17) is 24.1 Å². The van der Waals surface area contributed by atoms with Crippen LogP contribution in [0.4, 0.5) is 25.0 Å². The average molecular weight is 509 g/mol. The molecule has 0 aliphatic carbocycles. The highest BCUT2D eigenvalue weighted by molar-refractivity contribution is 5.87. The standard InChI is InChI=1S/C19H19N5O12/c1-30-16(27)33-7-19(6-20)13(35-18(29)32-3)12(34-17(28)31-2)11(36-19)9-4-5-10-14(23-15(25)26)21-8-22-24(9)10/h4-5,8,11-13H,7H2,1-3H3,(H,25,26)(H,21,22,23)/t11-,12-,13-,19+/m0/s1. The van der Waals surface area contributed by atoms with Crippen molar-refractivity contribution in [1.82, 2.24) is 14.6 Å². The molecular weight excluding hydrogens is 490 g/mol. The molecule has 1 saturated heterocycles. The molecule has 1 aliphatic heterocycles. The van der Waals surface area contributed by atoms with Gasteiger partial charge < -0.3 is 38.3 Å². The second-order valence-electron chi connectivity index (χ2n) is 6.91. The van der Waals surface area contributed by atoms with Crippen molar-refractivity contribution in [2.45, 2.75) is 23.9 Å². The zero-order valence-corrected chi connectivity index (χ0v) is 18.9. The van der Waals surface area contributed by atoms with E-state index in [-0.39, 0.29) is 17.0 Å². The number of amides is 1. The van der Waals surface area contributed by atoms with E-state index in [0.29, 0.717) is 0 Å². The van der Waals surface area contributed by atoms with Crippen LogP contribution in [0.2, 0.25) is 0 Å². The molecule has 17 nitrogen and oxygen atoms in total. The molecule has 0 bridgehead atoms. The van der Waals surface area contributed by atoms with Crippen molar-refractivity contribution in [2.75, 3.05) is 33.3 Å². The van der Waals surface area contributed by atoms with Gasteiger partial charge >= 0.3 is 24.6 Å². The third-order valence-corrected chi connectivity index (χ3v) is 4.94. The normalized spacial score (nSPS) is 22.7. The van der Waals surface area contributed by atoms with E-state index >= 15 is 0 Å². The summed E-state index contributed by atoms with van der Waals surface area (Å²) in [5.41, 5.74) is -1.95. The Morgan fingerprint density at radius 3 is 2.42 bits per heavy atom. The number of carbonyl (C=O) groups excluding carboxylic acids is 3. The van der Waals surface area contributed by atoms with Crippen LogP contribution in [-0.2, 0) is 33.2 Å². The fraction of sp³-hybridized carbons (Fsp3) is 0.421. The number of fused-ring (bicyclic) bond motifs is 1. The minimum absolute atomic E-state index is 0.0879. The molecule has 1 amide bonds. The SMILES string of the molecule is COC(=O)OC[C@@]1(C#N)O[C@@H](c2ccc3c(NC(=O)O)ncnn23)[C@H](OC(=O)OC)[C@@H]1OC(=O)OC. The van der Waals surface area contributed by atoms with Gasteiger partial charge in [0.2, 0.25) is 5.60 Å². The van der Waals surface area contributed by atoms with Gasteiger partial charge in [0.15, 0.2) is 18.0 Å². The third kappa shape index (κ3) is 4.97.